The number of hydrogen-bond donors (Lipinski definition) is 4. The minimum atomic E-state index is -2.66. The van der Waals surface area contributed by atoms with Crippen molar-refractivity contribution < 1.29 is 19.3 Å². The summed E-state index contributed by atoms with van der Waals surface area (Å²) in [6.45, 7) is 0. The average Bonchev–Trinajstić information content (AvgIpc) is 2.95. The van der Waals surface area contributed by atoms with Crippen molar-refractivity contribution in [3.8, 4) is 6.07 Å². The van der Waals surface area contributed by atoms with Gasteiger partial charge in [-0.25, -0.2) is 9.37 Å². The number of alkyl halides is 1. The number of aromatic nitrogens is 4. The number of nitrogens with two attached hydrogens (primary N) is 2. The number of aliphatic hydroxyl groups is 2. The number of ether oxygens (including phenoxy) is 1. The monoisotopic (exact) mass is 295 g/mol. The summed E-state index contributed by atoms with van der Waals surface area (Å²) in [7, 11) is 0. The Morgan fingerprint density at radius 3 is 2.81 bits per heavy atom. The van der Waals surface area contributed by atoms with Crippen molar-refractivity contribution in [2.24, 2.45) is 0 Å². The zero-order chi connectivity index (χ0) is 15.4. The van der Waals surface area contributed by atoms with Crippen molar-refractivity contribution >= 4 is 22.9 Å². The van der Waals surface area contributed by atoms with E-state index < -0.39 is 24.3 Å². The molecule has 0 saturated carbocycles. The fraction of sp³-hybridized carbons (Fsp3) is 0.400. The van der Waals surface area contributed by atoms with E-state index in [0.29, 0.717) is 0 Å². The molecule has 0 unspecified atom stereocenters. The van der Waals surface area contributed by atoms with E-state index >= 15 is 0 Å². The van der Waals surface area contributed by atoms with E-state index in [1.807, 2.05) is 0 Å². The Labute approximate surface area is 116 Å². The van der Waals surface area contributed by atoms with Crippen molar-refractivity contribution in [2.75, 3.05) is 11.5 Å². The van der Waals surface area contributed by atoms with Crippen molar-refractivity contribution in [3.63, 3.8) is 0 Å². The van der Waals surface area contributed by atoms with Crippen LogP contribution in [0, 0.1) is 11.3 Å². The van der Waals surface area contributed by atoms with Crippen LogP contribution in [0.1, 0.15) is 6.23 Å². The number of nitrogens with zero attached hydrogens (tertiary/aromatic N) is 5. The maximum atomic E-state index is 14.1. The van der Waals surface area contributed by atoms with E-state index in [9.17, 15) is 14.6 Å². The normalized spacial score (nSPS) is 32.4. The minimum absolute atomic E-state index is 0.0132. The molecule has 3 rings (SSSR count). The highest BCUT2D eigenvalue weighted by Crippen LogP contribution is 2.38. The lowest BCUT2D eigenvalue weighted by Gasteiger charge is -2.16. The summed E-state index contributed by atoms with van der Waals surface area (Å²) in [6, 6.07) is 1.31. The molecule has 6 N–H and O–H groups in total. The third kappa shape index (κ3) is 1.77. The number of hydrogen-bond acceptors (Lipinski definition) is 9. The molecule has 0 amide bonds. The number of fused-ring (bicyclic) bond motifs is 1. The molecule has 2 aromatic heterocycles. The number of aliphatic hydroxyl groups excluding tert-OH is 1. The van der Waals surface area contributed by atoms with Crippen LogP contribution in [0.4, 0.5) is 16.2 Å². The molecule has 21 heavy (non-hydrogen) atoms. The number of imidazole rings is 1. The molecule has 10 nitrogen and oxygen atoms in total. The van der Waals surface area contributed by atoms with E-state index in [4.69, 9.17) is 21.5 Å². The van der Waals surface area contributed by atoms with E-state index in [1.165, 1.54) is 6.07 Å². The molecule has 4 atom stereocenters. The van der Waals surface area contributed by atoms with Gasteiger partial charge in [0.1, 0.15) is 11.6 Å². The number of halogens is 1. The molecule has 1 saturated heterocycles. The molecule has 1 fully saturated rings. The van der Waals surface area contributed by atoms with Gasteiger partial charge in [-0.15, -0.1) is 0 Å². The Kier molecular flexibility index (Phi) is 2.70. The van der Waals surface area contributed by atoms with Gasteiger partial charge in [0.15, 0.2) is 30.0 Å². The number of nitriles is 1. The van der Waals surface area contributed by atoms with Gasteiger partial charge in [0.25, 0.3) is 5.79 Å². The van der Waals surface area contributed by atoms with Crippen LogP contribution >= 0.6 is 0 Å². The zero-order valence-corrected chi connectivity index (χ0v) is 10.4. The van der Waals surface area contributed by atoms with Crippen molar-refractivity contribution in [3.05, 3.63) is 6.33 Å². The number of nitrogen functional groups attached to an aromatic ring is 2. The molecule has 3 heterocycles. The lowest BCUT2D eigenvalue weighted by molar-refractivity contribution is -0.197. The molecule has 0 radical (unpaired) electrons. The first-order valence-electron chi connectivity index (χ1n) is 5.76. The molecule has 0 aliphatic carbocycles. The van der Waals surface area contributed by atoms with E-state index in [1.54, 1.807) is 0 Å². The molecule has 1 aliphatic rings. The molecular formula is C10H10FN7O3. The number of rotatable bonds is 1. The van der Waals surface area contributed by atoms with Gasteiger partial charge in [-0.1, -0.05) is 0 Å². The van der Waals surface area contributed by atoms with Crippen LogP contribution < -0.4 is 11.5 Å². The van der Waals surface area contributed by atoms with Crippen LogP contribution in [0.25, 0.3) is 11.2 Å². The fourth-order valence-corrected chi connectivity index (χ4v) is 2.14. The summed E-state index contributed by atoms with van der Waals surface area (Å²) in [5.41, 5.74) is 11.3. The van der Waals surface area contributed by atoms with Crippen LogP contribution in [0.5, 0.6) is 0 Å². The smallest absolute Gasteiger partial charge is 0.288 e. The maximum absolute atomic E-state index is 14.1. The molecule has 2 aromatic rings. The Morgan fingerprint density at radius 2 is 2.19 bits per heavy atom. The third-order valence-corrected chi connectivity index (χ3v) is 3.18. The van der Waals surface area contributed by atoms with Crippen LogP contribution in [0.3, 0.4) is 0 Å². The highest BCUT2D eigenvalue weighted by molar-refractivity contribution is 5.82. The molecule has 1 aliphatic heterocycles. The first-order valence-corrected chi connectivity index (χ1v) is 5.76. The quantitative estimate of drug-likeness (QED) is 0.454. The molecule has 0 aromatic carbocycles. The SMILES string of the molecule is N#C[C@]1(O)O[C@@H](n2cnc3c(N)nc(N)nc32)[C@H](F)[C@@H]1O. The molecule has 11 heteroatoms. The van der Waals surface area contributed by atoms with E-state index in [0.717, 1.165) is 10.9 Å². The summed E-state index contributed by atoms with van der Waals surface area (Å²) >= 11 is 0. The fourth-order valence-electron chi connectivity index (χ4n) is 2.14. The van der Waals surface area contributed by atoms with Crippen molar-refractivity contribution in [1.82, 2.24) is 19.5 Å². The summed E-state index contributed by atoms with van der Waals surface area (Å²) in [4.78, 5) is 11.5. The Hall–Kier alpha value is -2.55. The Balaban J connectivity index is 2.12. The van der Waals surface area contributed by atoms with Gasteiger partial charge in [-0.05, 0) is 0 Å². The van der Waals surface area contributed by atoms with Crippen molar-refractivity contribution in [2.45, 2.75) is 24.3 Å². The van der Waals surface area contributed by atoms with Gasteiger partial charge >= 0.3 is 0 Å². The highest BCUT2D eigenvalue weighted by Gasteiger charge is 2.56. The molecule has 0 spiro atoms. The summed E-state index contributed by atoms with van der Waals surface area (Å²) in [6.07, 6.45) is -4.49. The minimum Gasteiger partial charge on any atom is -0.383 e. The summed E-state index contributed by atoms with van der Waals surface area (Å²) < 4.78 is 20.1. The molecule has 0 bridgehead atoms. The van der Waals surface area contributed by atoms with Crippen LogP contribution in [0.15, 0.2) is 6.33 Å². The van der Waals surface area contributed by atoms with Gasteiger partial charge in [-0.3, -0.25) is 4.57 Å². The lowest BCUT2D eigenvalue weighted by Crippen LogP contribution is -2.40. The highest BCUT2D eigenvalue weighted by atomic mass is 19.1. The second kappa shape index (κ2) is 4.22. The Morgan fingerprint density at radius 1 is 1.48 bits per heavy atom. The van der Waals surface area contributed by atoms with Gasteiger partial charge in [0.2, 0.25) is 5.95 Å². The third-order valence-electron chi connectivity index (χ3n) is 3.18. The van der Waals surface area contributed by atoms with Crippen LogP contribution in [-0.4, -0.2) is 47.8 Å². The topological polar surface area (TPSA) is 169 Å². The second-order valence-corrected chi connectivity index (χ2v) is 4.50. The van der Waals surface area contributed by atoms with Crippen LogP contribution in [0.2, 0.25) is 0 Å². The average molecular weight is 295 g/mol. The lowest BCUT2D eigenvalue weighted by atomic mass is 10.1. The summed E-state index contributed by atoms with van der Waals surface area (Å²) in [5, 5.41) is 28.1. The van der Waals surface area contributed by atoms with E-state index in [2.05, 4.69) is 15.0 Å². The molecular weight excluding hydrogens is 285 g/mol. The molecule has 110 valence electrons. The Bertz CT molecular complexity index is 759. The van der Waals surface area contributed by atoms with Gasteiger partial charge in [-0.2, -0.15) is 15.2 Å². The van der Waals surface area contributed by atoms with Gasteiger partial charge < -0.3 is 26.4 Å². The van der Waals surface area contributed by atoms with E-state index in [-0.39, 0.29) is 22.9 Å². The largest absolute Gasteiger partial charge is 0.383 e. The zero-order valence-electron chi connectivity index (χ0n) is 10.4. The standard InChI is InChI=1S/C10H10FN7O3/c11-3-5(19)10(20,1-12)21-8(3)18-2-15-4-6(13)16-9(14)17-7(4)18/h2-3,5,8,19-20H,(H4,13,14,16,17)/t3-,5+,8-,10+/m1/s1. The summed E-state index contributed by atoms with van der Waals surface area (Å²) in [5.74, 6) is -2.84. The van der Waals surface area contributed by atoms with Crippen molar-refractivity contribution in [1.29, 1.82) is 5.26 Å². The van der Waals surface area contributed by atoms with Gasteiger partial charge in [0.05, 0.1) is 6.33 Å². The first-order chi connectivity index (χ1) is 9.87. The first kappa shape index (κ1) is 13.4. The van der Waals surface area contributed by atoms with Crippen LogP contribution in [-0.2, 0) is 4.74 Å². The predicted molar refractivity (Wildman–Crippen MR) is 65.7 cm³/mol. The number of anilines is 2. The second-order valence-electron chi connectivity index (χ2n) is 4.50. The predicted octanol–water partition coefficient (Wildman–Crippen LogP) is -1.57. The van der Waals surface area contributed by atoms with Gasteiger partial charge in [0, 0.05) is 0 Å². The maximum Gasteiger partial charge on any atom is 0.288 e.